The largest absolute Gasteiger partial charge is 0.381 e. The maximum Gasteiger partial charge on any atom is 0.231 e. The molecule has 1 saturated carbocycles. The third-order valence-corrected chi connectivity index (χ3v) is 4.78. The van der Waals surface area contributed by atoms with Crippen LogP contribution in [0, 0.1) is 0 Å². The molecule has 0 amide bonds. The zero-order valence-corrected chi connectivity index (χ0v) is 13.0. The highest BCUT2D eigenvalue weighted by Gasteiger charge is 2.31. The van der Waals surface area contributed by atoms with E-state index in [0.717, 1.165) is 50.7 Å². The van der Waals surface area contributed by atoms with Gasteiger partial charge in [-0.2, -0.15) is 4.98 Å². The monoisotopic (exact) mass is 293 g/mol. The van der Waals surface area contributed by atoms with Gasteiger partial charge in [0.2, 0.25) is 5.89 Å². The Kier molecular flexibility index (Phi) is 5.25. The topological polar surface area (TPSA) is 60.2 Å². The fraction of sp³-hybridized carbons (Fsp3) is 0.875. The first kappa shape index (κ1) is 15.0. The van der Waals surface area contributed by atoms with Crippen molar-refractivity contribution in [2.75, 3.05) is 19.8 Å². The molecule has 0 spiro atoms. The molecule has 1 aliphatic carbocycles. The van der Waals surface area contributed by atoms with Gasteiger partial charge in [-0.1, -0.05) is 24.9 Å². The van der Waals surface area contributed by atoms with E-state index < -0.39 is 0 Å². The van der Waals surface area contributed by atoms with Crippen LogP contribution >= 0.6 is 0 Å². The molecule has 1 aromatic rings. The first-order chi connectivity index (χ1) is 10.4. The summed E-state index contributed by atoms with van der Waals surface area (Å²) in [6.07, 6.45) is 8.15. The van der Waals surface area contributed by atoms with Gasteiger partial charge in [-0.3, -0.25) is 0 Å². The Labute approximate surface area is 126 Å². The minimum absolute atomic E-state index is 0.395. The van der Waals surface area contributed by atoms with E-state index in [2.05, 4.69) is 17.4 Å². The summed E-state index contributed by atoms with van der Waals surface area (Å²) in [5.74, 6) is 2.56. The zero-order chi connectivity index (χ0) is 14.5. The molecule has 1 N–H and O–H groups in total. The summed E-state index contributed by atoms with van der Waals surface area (Å²) >= 11 is 0. The van der Waals surface area contributed by atoms with Crippen molar-refractivity contribution in [2.24, 2.45) is 0 Å². The third-order valence-electron chi connectivity index (χ3n) is 4.78. The van der Waals surface area contributed by atoms with Crippen LogP contribution in [-0.4, -0.2) is 35.9 Å². The van der Waals surface area contributed by atoms with Gasteiger partial charge in [0.25, 0.3) is 0 Å². The highest BCUT2D eigenvalue weighted by atomic mass is 16.5. The molecule has 2 heterocycles. The average molecular weight is 293 g/mol. The second-order valence-corrected chi connectivity index (χ2v) is 6.33. The smallest absolute Gasteiger partial charge is 0.231 e. The van der Waals surface area contributed by atoms with Crippen LogP contribution < -0.4 is 5.32 Å². The fourth-order valence-electron chi connectivity index (χ4n) is 3.52. The zero-order valence-electron chi connectivity index (χ0n) is 13.0. The van der Waals surface area contributed by atoms with Gasteiger partial charge < -0.3 is 14.6 Å². The lowest BCUT2D eigenvalue weighted by atomic mass is 9.84. The van der Waals surface area contributed by atoms with Crippen molar-refractivity contribution in [1.82, 2.24) is 15.5 Å². The van der Waals surface area contributed by atoms with Crippen molar-refractivity contribution in [2.45, 2.75) is 69.7 Å². The number of ether oxygens (including phenoxy) is 1. The molecule has 1 saturated heterocycles. The van der Waals surface area contributed by atoms with Crippen molar-refractivity contribution >= 4 is 0 Å². The summed E-state index contributed by atoms with van der Waals surface area (Å²) in [7, 11) is 0. The second-order valence-electron chi connectivity index (χ2n) is 6.33. The van der Waals surface area contributed by atoms with Crippen LogP contribution in [0.25, 0.3) is 0 Å². The van der Waals surface area contributed by atoms with Gasteiger partial charge in [0.1, 0.15) is 0 Å². The van der Waals surface area contributed by atoms with E-state index >= 15 is 0 Å². The van der Waals surface area contributed by atoms with Gasteiger partial charge >= 0.3 is 0 Å². The van der Waals surface area contributed by atoms with Crippen LogP contribution in [0.1, 0.15) is 75.4 Å². The average Bonchev–Trinajstić information content (AvgIpc) is 3.04. The summed E-state index contributed by atoms with van der Waals surface area (Å²) in [6.45, 7) is 4.92. The molecule has 2 unspecified atom stereocenters. The molecule has 5 nitrogen and oxygen atoms in total. The van der Waals surface area contributed by atoms with E-state index in [0.29, 0.717) is 17.9 Å². The number of nitrogens with zero attached hydrogens (tertiary/aromatic N) is 2. The molecule has 2 fully saturated rings. The molecule has 0 radical (unpaired) electrons. The number of hydrogen-bond donors (Lipinski definition) is 1. The Morgan fingerprint density at radius 1 is 1.14 bits per heavy atom. The van der Waals surface area contributed by atoms with E-state index in [1.165, 1.54) is 25.7 Å². The lowest BCUT2D eigenvalue weighted by Crippen LogP contribution is -2.37. The van der Waals surface area contributed by atoms with Crippen LogP contribution in [0.5, 0.6) is 0 Å². The van der Waals surface area contributed by atoms with E-state index in [1.54, 1.807) is 0 Å². The molecule has 0 aromatic carbocycles. The molecule has 2 aliphatic rings. The van der Waals surface area contributed by atoms with Crippen LogP contribution in [0.3, 0.4) is 0 Å². The Morgan fingerprint density at radius 3 is 2.76 bits per heavy atom. The highest BCUT2D eigenvalue weighted by Crippen LogP contribution is 2.33. The van der Waals surface area contributed by atoms with Gasteiger partial charge in [-0.15, -0.1) is 0 Å². The maximum atomic E-state index is 5.63. The van der Waals surface area contributed by atoms with Gasteiger partial charge in [0.05, 0.1) is 5.92 Å². The summed E-state index contributed by atoms with van der Waals surface area (Å²) in [5.41, 5.74) is 0. The summed E-state index contributed by atoms with van der Waals surface area (Å²) in [5, 5.41) is 7.92. The lowest BCUT2D eigenvalue weighted by Gasteiger charge is -2.29. The number of nitrogens with one attached hydrogen (secondary N) is 1. The van der Waals surface area contributed by atoms with E-state index in [4.69, 9.17) is 14.2 Å². The van der Waals surface area contributed by atoms with Crippen molar-refractivity contribution in [3.8, 4) is 0 Å². The molecule has 5 heteroatoms. The van der Waals surface area contributed by atoms with Crippen LogP contribution in [0.4, 0.5) is 0 Å². The molecular formula is C16H27N3O2. The third kappa shape index (κ3) is 3.64. The minimum Gasteiger partial charge on any atom is -0.381 e. The summed E-state index contributed by atoms with van der Waals surface area (Å²) < 4.78 is 11.0. The summed E-state index contributed by atoms with van der Waals surface area (Å²) in [6, 6.07) is 0.502. The normalized spacial score (nSPS) is 27.9. The molecule has 0 bridgehead atoms. The Balaban J connectivity index is 1.67. The van der Waals surface area contributed by atoms with Crippen LogP contribution in [0.15, 0.2) is 4.52 Å². The first-order valence-electron chi connectivity index (χ1n) is 8.53. The van der Waals surface area contributed by atoms with Gasteiger partial charge in [-0.25, -0.2) is 0 Å². The van der Waals surface area contributed by atoms with Gasteiger partial charge in [0.15, 0.2) is 5.82 Å². The number of hydrogen-bond acceptors (Lipinski definition) is 5. The maximum absolute atomic E-state index is 5.63. The highest BCUT2D eigenvalue weighted by molar-refractivity contribution is 5.04. The number of aromatic nitrogens is 2. The van der Waals surface area contributed by atoms with Gasteiger partial charge in [0, 0.05) is 25.2 Å². The van der Waals surface area contributed by atoms with Crippen molar-refractivity contribution < 1.29 is 9.26 Å². The SMILES string of the molecule is CCCNC1CCCCC1c1nc(C2CCOCC2)no1. The van der Waals surface area contributed by atoms with Gasteiger partial charge in [-0.05, 0) is 38.6 Å². The Hall–Kier alpha value is -0.940. The standard InChI is InChI=1S/C16H27N3O2/c1-2-9-17-14-6-4-3-5-13(14)16-18-15(19-21-16)12-7-10-20-11-8-12/h12-14,17H,2-11H2,1H3. The lowest BCUT2D eigenvalue weighted by molar-refractivity contribution is 0.0830. The molecule has 1 aromatic heterocycles. The molecule has 1 aliphatic heterocycles. The van der Waals surface area contributed by atoms with Crippen molar-refractivity contribution in [3.05, 3.63) is 11.7 Å². The number of rotatable bonds is 5. The first-order valence-corrected chi connectivity index (χ1v) is 8.53. The Bertz CT molecular complexity index is 429. The minimum atomic E-state index is 0.395. The van der Waals surface area contributed by atoms with E-state index in [-0.39, 0.29) is 0 Å². The molecule has 21 heavy (non-hydrogen) atoms. The fourth-order valence-corrected chi connectivity index (χ4v) is 3.52. The van der Waals surface area contributed by atoms with Crippen molar-refractivity contribution in [1.29, 1.82) is 0 Å². The summed E-state index contributed by atoms with van der Waals surface area (Å²) in [4.78, 5) is 4.74. The molecule has 118 valence electrons. The predicted octanol–water partition coefficient (Wildman–Crippen LogP) is 2.99. The van der Waals surface area contributed by atoms with E-state index in [1.807, 2.05) is 0 Å². The van der Waals surface area contributed by atoms with Crippen LogP contribution in [0.2, 0.25) is 0 Å². The Morgan fingerprint density at radius 2 is 1.95 bits per heavy atom. The van der Waals surface area contributed by atoms with Crippen LogP contribution in [-0.2, 0) is 4.74 Å². The predicted molar refractivity (Wildman–Crippen MR) is 80.4 cm³/mol. The van der Waals surface area contributed by atoms with Crippen molar-refractivity contribution in [3.63, 3.8) is 0 Å². The van der Waals surface area contributed by atoms with E-state index in [9.17, 15) is 0 Å². The second kappa shape index (κ2) is 7.36. The molecule has 2 atom stereocenters. The quantitative estimate of drug-likeness (QED) is 0.904. The molecular weight excluding hydrogens is 266 g/mol. The molecule has 3 rings (SSSR count).